The van der Waals surface area contributed by atoms with Crippen LogP contribution in [0.1, 0.15) is 19.8 Å². The van der Waals surface area contributed by atoms with Crippen LogP contribution in [0, 0.1) is 11.8 Å². The molecule has 0 radical (unpaired) electrons. The van der Waals surface area contributed by atoms with Crippen molar-refractivity contribution in [2.24, 2.45) is 11.8 Å². The Labute approximate surface area is 91.6 Å². The van der Waals surface area contributed by atoms with E-state index < -0.39 is 5.97 Å². The topological polar surface area (TPSA) is 52.6 Å². The second kappa shape index (κ2) is 6.08. The van der Waals surface area contributed by atoms with Crippen LogP contribution in [0.3, 0.4) is 0 Å². The summed E-state index contributed by atoms with van der Waals surface area (Å²) in [5.41, 5.74) is 0. The number of hydrogen-bond acceptors (Lipinski definition) is 3. The van der Waals surface area contributed by atoms with Crippen LogP contribution in [0.5, 0.6) is 0 Å². The van der Waals surface area contributed by atoms with Crippen molar-refractivity contribution in [3.05, 3.63) is 0 Å². The summed E-state index contributed by atoms with van der Waals surface area (Å²) in [7, 11) is 2.15. The number of rotatable bonds is 5. The van der Waals surface area contributed by atoms with Crippen LogP contribution in [-0.4, -0.2) is 49.2 Å². The average molecular weight is 214 g/mol. The first-order valence-corrected chi connectivity index (χ1v) is 5.71. The number of nitrogens with one attached hydrogen (secondary N) is 1. The maximum Gasteiger partial charge on any atom is 0.307 e. The molecule has 1 unspecified atom stereocenters. The quantitative estimate of drug-likeness (QED) is 0.705. The van der Waals surface area contributed by atoms with Gasteiger partial charge in [-0.2, -0.15) is 0 Å². The van der Waals surface area contributed by atoms with Gasteiger partial charge in [0.05, 0.1) is 5.92 Å². The molecule has 0 bridgehead atoms. The molecular formula is C11H22N2O2. The normalized spacial score (nSPS) is 21.5. The number of nitrogens with zero attached hydrogens (tertiary/aromatic N) is 1. The van der Waals surface area contributed by atoms with Crippen LogP contribution >= 0.6 is 0 Å². The number of piperidine rings is 1. The minimum Gasteiger partial charge on any atom is -0.481 e. The van der Waals surface area contributed by atoms with Gasteiger partial charge >= 0.3 is 5.97 Å². The Kier molecular flexibility index (Phi) is 5.05. The van der Waals surface area contributed by atoms with Gasteiger partial charge in [-0.15, -0.1) is 0 Å². The molecule has 1 heterocycles. The summed E-state index contributed by atoms with van der Waals surface area (Å²) in [6.45, 7) is 5.62. The smallest absolute Gasteiger partial charge is 0.307 e. The highest BCUT2D eigenvalue weighted by Crippen LogP contribution is 2.14. The Bertz CT molecular complexity index is 201. The van der Waals surface area contributed by atoms with Crippen LogP contribution in [-0.2, 0) is 4.79 Å². The van der Waals surface area contributed by atoms with E-state index in [0.29, 0.717) is 6.54 Å². The minimum absolute atomic E-state index is 0.281. The van der Waals surface area contributed by atoms with Crippen molar-refractivity contribution in [3.63, 3.8) is 0 Å². The number of hydrogen-bond donors (Lipinski definition) is 2. The minimum atomic E-state index is -0.717. The maximum absolute atomic E-state index is 10.6. The molecule has 1 fully saturated rings. The summed E-state index contributed by atoms with van der Waals surface area (Å²) in [5.74, 6) is -0.274. The van der Waals surface area contributed by atoms with Crippen molar-refractivity contribution in [1.82, 2.24) is 10.2 Å². The lowest BCUT2D eigenvalue weighted by Crippen LogP contribution is -2.36. The van der Waals surface area contributed by atoms with E-state index in [0.717, 1.165) is 12.5 Å². The van der Waals surface area contributed by atoms with E-state index in [1.807, 2.05) is 0 Å². The predicted molar refractivity (Wildman–Crippen MR) is 59.9 cm³/mol. The van der Waals surface area contributed by atoms with Crippen LogP contribution in [0.4, 0.5) is 0 Å². The van der Waals surface area contributed by atoms with Gasteiger partial charge in [0.2, 0.25) is 0 Å². The Morgan fingerprint density at radius 2 is 2.13 bits per heavy atom. The zero-order chi connectivity index (χ0) is 11.3. The van der Waals surface area contributed by atoms with Gasteiger partial charge in [-0.05, 0) is 45.4 Å². The fourth-order valence-electron chi connectivity index (χ4n) is 1.86. The van der Waals surface area contributed by atoms with E-state index in [4.69, 9.17) is 5.11 Å². The first kappa shape index (κ1) is 12.5. The molecule has 0 aromatic rings. The van der Waals surface area contributed by atoms with E-state index in [2.05, 4.69) is 17.3 Å². The number of carboxylic acid groups (broad SMARTS) is 1. The van der Waals surface area contributed by atoms with Gasteiger partial charge in [-0.25, -0.2) is 0 Å². The summed E-state index contributed by atoms with van der Waals surface area (Å²) in [5, 5.41) is 12.0. The van der Waals surface area contributed by atoms with Gasteiger partial charge in [-0.3, -0.25) is 4.79 Å². The van der Waals surface area contributed by atoms with Crippen LogP contribution < -0.4 is 5.32 Å². The molecule has 1 rings (SSSR count). The van der Waals surface area contributed by atoms with Crippen molar-refractivity contribution in [2.75, 3.05) is 33.2 Å². The molecule has 1 saturated heterocycles. The summed E-state index contributed by atoms with van der Waals surface area (Å²) < 4.78 is 0. The third-order valence-corrected chi connectivity index (χ3v) is 3.14. The van der Waals surface area contributed by atoms with Crippen LogP contribution in [0.15, 0.2) is 0 Å². The van der Waals surface area contributed by atoms with Gasteiger partial charge in [0.1, 0.15) is 0 Å². The van der Waals surface area contributed by atoms with Gasteiger partial charge in [0, 0.05) is 6.54 Å². The fourth-order valence-corrected chi connectivity index (χ4v) is 1.86. The number of carbonyl (C=O) groups is 1. The first-order chi connectivity index (χ1) is 7.09. The monoisotopic (exact) mass is 214 g/mol. The molecular weight excluding hydrogens is 192 g/mol. The molecule has 1 aliphatic heterocycles. The molecule has 88 valence electrons. The number of likely N-dealkylation sites (tertiary alicyclic amines) is 1. The van der Waals surface area contributed by atoms with Gasteiger partial charge < -0.3 is 15.3 Å². The summed E-state index contributed by atoms with van der Waals surface area (Å²) in [4.78, 5) is 12.9. The van der Waals surface area contributed by atoms with Crippen molar-refractivity contribution in [3.8, 4) is 0 Å². The molecule has 0 aromatic heterocycles. The van der Waals surface area contributed by atoms with E-state index in [1.54, 1.807) is 6.92 Å². The lowest BCUT2D eigenvalue weighted by Gasteiger charge is -2.29. The number of carboxylic acids is 1. The van der Waals surface area contributed by atoms with Gasteiger partial charge in [0.25, 0.3) is 0 Å². The molecule has 0 spiro atoms. The SMILES string of the molecule is CC(CNCC1CCN(C)CC1)C(=O)O. The van der Waals surface area contributed by atoms with E-state index in [-0.39, 0.29) is 5.92 Å². The third kappa shape index (κ3) is 4.62. The molecule has 0 aromatic carbocycles. The van der Waals surface area contributed by atoms with Gasteiger partial charge in [0.15, 0.2) is 0 Å². The Morgan fingerprint density at radius 3 is 2.67 bits per heavy atom. The summed E-state index contributed by atoms with van der Waals surface area (Å²) >= 11 is 0. The van der Waals surface area contributed by atoms with Crippen LogP contribution in [0.2, 0.25) is 0 Å². The molecule has 4 heteroatoms. The average Bonchev–Trinajstić information content (AvgIpc) is 2.20. The molecule has 15 heavy (non-hydrogen) atoms. The lowest BCUT2D eigenvalue weighted by atomic mass is 9.97. The standard InChI is InChI=1S/C11H22N2O2/c1-9(11(14)15)7-12-8-10-3-5-13(2)6-4-10/h9-10,12H,3-8H2,1-2H3,(H,14,15). The highest BCUT2D eigenvalue weighted by atomic mass is 16.4. The first-order valence-electron chi connectivity index (χ1n) is 5.71. The molecule has 1 aliphatic rings. The van der Waals surface area contributed by atoms with Crippen LogP contribution in [0.25, 0.3) is 0 Å². The molecule has 4 nitrogen and oxygen atoms in total. The second-order valence-electron chi connectivity index (χ2n) is 4.64. The Balaban J connectivity index is 2.07. The number of aliphatic carboxylic acids is 1. The Morgan fingerprint density at radius 1 is 1.53 bits per heavy atom. The lowest BCUT2D eigenvalue weighted by molar-refractivity contribution is -0.140. The van der Waals surface area contributed by atoms with Crippen molar-refractivity contribution >= 4 is 5.97 Å². The zero-order valence-corrected chi connectivity index (χ0v) is 9.70. The Hall–Kier alpha value is -0.610. The molecule has 0 aliphatic carbocycles. The van der Waals surface area contributed by atoms with Gasteiger partial charge in [-0.1, -0.05) is 6.92 Å². The fraction of sp³-hybridized carbons (Fsp3) is 0.909. The highest BCUT2D eigenvalue weighted by molar-refractivity contribution is 5.69. The maximum atomic E-state index is 10.6. The molecule has 2 N–H and O–H groups in total. The predicted octanol–water partition coefficient (Wildman–Crippen LogP) is 0.639. The molecule has 0 saturated carbocycles. The van der Waals surface area contributed by atoms with E-state index >= 15 is 0 Å². The third-order valence-electron chi connectivity index (χ3n) is 3.14. The van der Waals surface area contributed by atoms with Crippen molar-refractivity contribution < 1.29 is 9.90 Å². The summed E-state index contributed by atoms with van der Waals surface area (Å²) in [6, 6.07) is 0. The summed E-state index contributed by atoms with van der Waals surface area (Å²) in [6.07, 6.45) is 2.45. The molecule has 1 atom stereocenters. The van der Waals surface area contributed by atoms with E-state index in [9.17, 15) is 4.79 Å². The highest BCUT2D eigenvalue weighted by Gasteiger charge is 2.17. The van der Waals surface area contributed by atoms with E-state index in [1.165, 1.54) is 25.9 Å². The zero-order valence-electron chi connectivity index (χ0n) is 9.70. The molecule has 0 amide bonds. The van der Waals surface area contributed by atoms with Crippen molar-refractivity contribution in [2.45, 2.75) is 19.8 Å². The van der Waals surface area contributed by atoms with Crippen molar-refractivity contribution in [1.29, 1.82) is 0 Å². The largest absolute Gasteiger partial charge is 0.481 e. The second-order valence-corrected chi connectivity index (χ2v) is 4.64.